The van der Waals surface area contributed by atoms with Gasteiger partial charge in [-0.2, -0.15) is 5.10 Å². The number of nitrogens with two attached hydrogens (primary N) is 1. The second kappa shape index (κ2) is 5.98. The molecular weight excluding hydrogens is 317 g/mol. The van der Waals surface area contributed by atoms with Gasteiger partial charge in [0.2, 0.25) is 0 Å². The van der Waals surface area contributed by atoms with E-state index in [0.717, 1.165) is 5.56 Å². The van der Waals surface area contributed by atoms with E-state index in [1.54, 1.807) is 22.7 Å². The fourth-order valence-electron chi connectivity index (χ4n) is 2.87. The van der Waals surface area contributed by atoms with E-state index in [4.69, 9.17) is 5.73 Å². The van der Waals surface area contributed by atoms with Gasteiger partial charge in [-0.3, -0.25) is 0 Å². The molecule has 5 nitrogen and oxygen atoms in total. The Hall–Kier alpha value is -3.28. The van der Waals surface area contributed by atoms with Crippen molar-refractivity contribution in [2.75, 3.05) is 5.73 Å². The molecule has 0 bridgehead atoms. The predicted octanol–water partition coefficient (Wildman–Crippen LogP) is 3.41. The first kappa shape index (κ1) is 15.3. The van der Waals surface area contributed by atoms with E-state index >= 15 is 0 Å². The fraction of sp³-hybridized carbons (Fsp3) is 0.105. The number of hydrogen-bond acceptors (Lipinski definition) is 4. The van der Waals surface area contributed by atoms with Crippen LogP contribution >= 0.6 is 0 Å². The predicted molar refractivity (Wildman–Crippen MR) is 94.6 cm³/mol. The number of aryl methyl sites for hydroxylation is 1. The summed E-state index contributed by atoms with van der Waals surface area (Å²) in [4.78, 5) is 8.86. The smallest absolute Gasteiger partial charge is 0.198 e. The molecule has 0 aliphatic carbocycles. The first-order valence-electron chi connectivity index (χ1n) is 7.94. The average molecular weight is 333 g/mol. The molecule has 2 heterocycles. The van der Waals surface area contributed by atoms with Crippen LogP contribution in [0.4, 0.5) is 10.2 Å². The first-order valence-corrected chi connectivity index (χ1v) is 7.94. The molecule has 4 aromatic rings. The topological polar surface area (TPSA) is 69.1 Å². The summed E-state index contributed by atoms with van der Waals surface area (Å²) in [7, 11) is 0. The first-order chi connectivity index (χ1) is 12.1. The lowest BCUT2D eigenvalue weighted by atomic mass is 10.1. The highest BCUT2D eigenvalue weighted by molar-refractivity contribution is 5.70. The van der Waals surface area contributed by atoms with Crippen LogP contribution in [0.5, 0.6) is 0 Å². The standard InChI is InChI=1S/C19H16FN5/c1-12-17(14-9-5-6-10-15(14)20)23-18(21)19-22-16(24-25(12)19)11-13-7-3-2-4-8-13/h2-10H,11H2,1H3,(H2,21,23). The van der Waals surface area contributed by atoms with Gasteiger partial charge in [0.05, 0.1) is 11.4 Å². The van der Waals surface area contributed by atoms with Crippen LogP contribution in [0.25, 0.3) is 16.9 Å². The summed E-state index contributed by atoms with van der Waals surface area (Å²) < 4.78 is 15.8. The van der Waals surface area contributed by atoms with E-state index < -0.39 is 0 Å². The molecule has 0 aliphatic heterocycles. The number of aromatic nitrogens is 4. The lowest BCUT2D eigenvalue weighted by Gasteiger charge is -2.09. The third-order valence-corrected chi connectivity index (χ3v) is 4.11. The van der Waals surface area contributed by atoms with Gasteiger partial charge in [0, 0.05) is 12.0 Å². The number of nitrogen functional groups attached to an aromatic ring is 1. The molecule has 0 saturated carbocycles. The number of fused-ring (bicyclic) bond motifs is 1. The summed E-state index contributed by atoms with van der Waals surface area (Å²) >= 11 is 0. The Kier molecular flexibility index (Phi) is 3.65. The lowest BCUT2D eigenvalue weighted by molar-refractivity contribution is 0.630. The van der Waals surface area contributed by atoms with Crippen LogP contribution in [0.15, 0.2) is 54.6 Å². The Bertz CT molecular complexity index is 1060. The molecule has 0 unspecified atom stereocenters. The minimum Gasteiger partial charge on any atom is -0.381 e. The molecule has 0 atom stereocenters. The summed E-state index contributed by atoms with van der Waals surface area (Å²) in [5.74, 6) is 0.533. The van der Waals surface area contributed by atoms with Gasteiger partial charge in [0.1, 0.15) is 5.82 Å². The Labute approximate surface area is 144 Å². The monoisotopic (exact) mass is 333 g/mol. The largest absolute Gasteiger partial charge is 0.381 e. The van der Waals surface area contributed by atoms with E-state index in [0.29, 0.717) is 34.8 Å². The van der Waals surface area contributed by atoms with Crippen LogP contribution in [-0.2, 0) is 6.42 Å². The molecule has 2 N–H and O–H groups in total. The van der Waals surface area contributed by atoms with Crippen LogP contribution in [0.3, 0.4) is 0 Å². The Morgan fingerprint density at radius 1 is 1.00 bits per heavy atom. The van der Waals surface area contributed by atoms with Crippen LogP contribution in [0.2, 0.25) is 0 Å². The van der Waals surface area contributed by atoms with E-state index in [2.05, 4.69) is 15.1 Å². The van der Waals surface area contributed by atoms with Crippen molar-refractivity contribution in [3.8, 4) is 11.3 Å². The highest BCUT2D eigenvalue weighted by Gasteiger charge is 2.17. The number of anilines is 1. The molecule has 0 amide bonds. The zero-order chi connectivity index (χ0) is 17.4. The SMILES string of the molecule is Cc1c(-c2ccccc2F)nc(N)c2nc(Cc3ccccc3)nn12. The minimum absolute atomic E-state index is 0.232. The second-order valence-corrected chi connectivity index (χ2v) is 5.84. The van der Waals surface area contributed by atoms with Gasteiger partial charge < -0.3 is 5.73 Å². The molecule has 2 aromatic heterocycles. The number of benzene rings is 2. The Balaban J connectivity index is 1.84. The van der Waals surface area contributed by atoms with Crippen LogP contribution in [0.1, 0.15) is 17.1 Å². The van der Waals surface area contributed by atoms with Crippen molar-refractivity contribution < 1.29 is 4.39 Å². The van der Waals surface area contributed by atoms with Crippen molar-refractivity contribution >= 4 is 11.5 Å². The fourth-order valence-corrected chi connectivity index (χ4v) is 2.87. The van der Waals surface area contributed by atoms with Crippen molar-refractivity contribution in [3.63, 3.8) is 0 Å². The number of nitrogens with zero attached hydrogens (tertiary/aromatic N) is 4. The summed E-state index contributed by atoms with van der Waals surface area (Å²) in [6, 6.07) is 16.4. The maximum Gasteiger partial charge on any atom is 0.198 e. The zero-order valence-electron chi connectivity index (χ0n) is 13.6. The normalized spacial score (nSPS) is 11.1. The number of hydrogen-bond donors (Lipinski definition) is 1. The van der Waals surface area contributed by atoms with E-state index in [-0.39, 0.29) is 11.6 Å². The molecule has 25 heavy (non-hydrogen) atoms. The number of rotatable bonds is 3. The highest BCUT2D eigenvalue weighted by atomic mass is 19.1. The Morgan fingerprint density at radius 3 is 2.48 bits per heavy atom. The molecule has 0 radical (unpaired) electrons. The van der Waals surface area contributed by atoms with Gasteiger partial charge in [-0.25, -0.2) is 18.9 Å². The number of halogens is 1. The summed E-state index contributed by atoms with van der Waals surface area (Å²) in [6.45, 7) is 1.84. The van der Waals surface area contributed by atoms with Crippen molar-refractivity contribution in [1.82, 2.24) is 19.6 Å². The van der Waals surface area contributed by atoms with E-state index in [1.807, 2.05) is 37.3 Å². The van der Waals surface area contributed by atoms with Gasteiger partial charge in [-0.15, -0.1) is 0 Å². The summed E-state index contributed by atoms with van der Waals surface area (Å²) in [5.41, 5.74) is 9.22. The third kappa shape index (κ3) is 2.71. The molecule has 0 fully saturated rings. The molecule has 124 valence electrons. The van der Waals surface area contributed by atoms with Crippen molar-refractivity contribution in [2.45, 2.75) is 13.3 Å². The van der Waals surface area contributed by atoms with E-state index in [1.165, 1.54) is 6.07 Å². The molecule has 0 saturated heterocycles. The second-order valence-electron chi connectivity index (χ2n) is 5.84. The van der Waals surface area contributed by atoms with Crippen molar-refractivity contribution in [1.29, 1.82) is 0 Å². The maximum absolute atomic E-state index is 14.2. The third-order valence-electron chi connectivity index (χ3n) is 4.11. The Morgan fingerprint density at radius 2 is 1.72 bits per heavy atom. The molecule has 4 rings (SSSR count). The lowest BCUT2D eigenvalue weighted by Crippen LogP contribution is -2.05. The molecule has 0 aliphatic rings. The molecule has 0 spiro atoms. The quantitative estimate of drug-likeness (QED) is 0.624. The van der Waals surface area contributed by atoms with Crippen LogP contribution < -0.4 is 5.73 Å². The van der Waals surface area contributed by atoms with Gasteiger partial charge >= 0.3 is 0 Å². The zero-order valence-corrected chi connectivity index (χ0v) is 13.6. The minimum atomic E-state index is -0.346. The van der Waals surface area contributed by atoms with E-state index in [9.17, 15) is 4.39 Å². The average Bonchev–Trinajstić information content (AvgIpc) is 3.04. The van der Waals surface area contributed by atoms with Gasteiger partial charge in [-0.1, -0.05) is 42.5 Å². The van der Waals surface area contributed by atoms with Crippen LogP contribution in [-0.4, -0.2) is 19.6 Å². The molecular formula is C19H16FN5. The van der Waals surface area contributed by atoms with Crippen molar-refractivity contribution in [3.05, 3.63) is 77.5 Å². The van der Waals surface area contributed by atoms with Gasteiger partial charge in [0.25, 0.3) is 0 Å². The maximum atomic E-state index is 14.2. The van der Waals surface area contributed by atoms with Crippen LogP contribution in [0, 0.1) is 12.7 Å². The summed E-state index contributed by atoms with van der Waals surface area (Å²) in [6.07, 6.45) is 0.594. The molecule has 2 aromatic carbocycles. The highest BCUT2D eigenvalue weighted by Crippen LogP contribution is 2.26. The van der Waals surface area contributed by atoms with Gasteiger partial charge in [0.15, 0.2) is 17.3 Å². The van der Waals surface area contributed by atoms with Crippen molar-refractivity contribution in [2.24, 2.45) is 0 Å². The summed E-state index contributed by atoms with van der Waals surface area (Å²) in [5, 5.41) is 4.55. The van der Waals surface area contributed by atoms with Gasteiger partial charge in [-0.05, 0) is 24.6 Å². The molecule has 6 heteroatoms.